The highest BCUT2D eigenvalue weighted by Gasteiger charge is 2.33. The van der Waals surface area contributed by atoms with Crippen LogP contribution in [0.5, 0.6) is 0 Å². The van der Waals surface area contributed by atoms with Gasteiger partial charge in [-0.2, -0.15) is 0 Å². The van der Waals surface area contributed by atoms with Gasteiger partial charge in [0.2, 0.25) is 0 Å². The van der Waals surface area contributed by atoms with Crippen LogP contribution < -0.4 is 10.6 Å². The minimum atomic E-state index is -0.450. The summed E-state index contributed by atoms with van der Waals surface area (Å²) in [4.78, 5) is 11.9. The highest BCUT2D eigenvalue weighted by Crippen LogP contribution is 2.32. The normalized spacial score (nSPS) is 17.4. The van der Waals surface area contributed by atoms with Gasteiger partial charge in [0.1, 0.15) is 5.60 Å². The second kappa shape index (κ2) is 7.45. The summed E-state index contributed by atoms with van der Waals surface area (Å²) in [7, 11) is 1.73. The van der Waals surface area contributed by atoms with Crippen molar-refractivity contribution >= 4 is 6.09 Å². The lowest BCUT2D eigenvalue weighted by Gasteiger charge is -2.25. The van der Waals surface area contributed by atoms with Crippen LogP contribution >= 0.6 is 0 Å². The van der Waals surface area contributed by atoms with Gasteiger partial charge in [-0.3, -0.25) is 0 Å². The molecule has 1 amide bonds. The van der Waals surface area contributed by atoms with Crippen molar-refractivity contribution in [2.75, 3.05) is 20.2 Å². The summed E-state index contributed by atoms with van der Waals surface area (Å²) in [6.07, 6.45) is 2.99. The molecule has 0 heterocycles. The first kappa shape index (κ1) is 18.2. The van der Waals surface area contributed by atoms with E-state index in [0.29, 0.717) is 5.92 Å². The van der Waals surface area contributed by atoms with Crippen molar-refractivity contribution in [1.29, 1.82) is 0 Å². The minimum absolute atomic E-state index is 0.110. The van der Waals surface area contributed by atoms with Gasteiger partial charge in [-0.1, -0.05) is 0 Å². The Balaban J connectivity index is 2.29. The number of nitrogens with one attached hydrogen (secondary N) is 2. The molecule has 0 aliphatic heterocycles. The highest BCUT2D eigenvalue weighted by molar-refractivity contribution is 5.68. The molecule has 1 saturated carbocycles. The van der Waals surface area contributed by atoms with Crippen LogP contribution in [0, 0.1) is 5.92 Å². The molecule has 21 heavy (non-hydrogen) atoms. The molecule has 0 bridgehead atoms. The van der Waals surface area contributed by atoms with Crippen molar-refractivity contribution in [3.05, 3.63) is 0 Å². The molecule has 2 N–H and O–H groups in total. The van der Waals surface area contributed by atoms with Gasteiger partial charge in [-0.25, -0.2) is 4.79 Å². The zero-order chi connectivity index (χ0) is 16.1. The Morgan fingerprint density at radius 2 is 1.86 bits per heavy atom. The van der Waals surface area contributed by atoms with E-state index >= 15 is 0 Å². The summed E-state index contributed by atoms with van der Waals surface area (Å²) in [6.45, 7) is 11.4. The molecule has 0 aromatic carbocycles. The third-order valence-corrected chi connectivity index (χ3v) is 3.71. The fourth-order valence-corrected chi connectivity index (χ4v) is 2.04. The first-order valence-electron chi connectivity index (χ1n) is 7.88. The molecule has 1 fully saturated rings. The van der Waals surface area contributed by atoms with Gasteiger partial charge >= 0.3 is 6.09 Å². The molecular weight excluding hydrogens is 268 g/mol. The molecule has 1 rings (SSSR count). The number of alkyl carbamates (subject to hydrolysis) is 1. The topological polar surface area (TPSA) is 59.6 Å². The Kier molecular flexibility index (Phi) is 6.47. The second-order valence-electron chi connectivity index (χ2n) is 7.51. The van der Waals surface area contributed by atoms with E-state index in [1.165, 1.54) is 12.8 Å². The van der Waals surface area contributed by atoms with Crippen LogP contribution in [0.1, 0.15) is 53.9 Å². The quantitative estimate of drug-likeness (QED) is 0.677. The molecule has 0 aromatic rings. The molecule has 1 aliphatic rings. The van der Waals surface area contributed by atoms with Gasteiger partial charge in [-0.05, 0) is 66.3 Å². The summed E-state index contributed by atoms with van der Waals surface area (Å²) in [5.41, 5.74) is -0.561. The lowest BCUT2D eigenvalue weighted by Crippen LogP contribution is -2.46. The van der Waals surface area contributed by atoms with E-state index in [0.717, 1.165) is 19.5 Å². The van der Waals surface area contributed by atoms with E-state index in [9.17, 15) is 4.79 Å². The number of hydrogen-bond donors (Lipinski definition) is 2. The van der Waals surface area contributed by atoms with Crippen molar-refractivity contribution < 1.29 is 14.3 Å². The van der Waals surface area contributed by atoms with Gasteiger partial charge in [0.25, 0.3) is 0 Å². The molecule has 0 radical (unpaired) electrons. The first-order chi connectivity index (χ1) is 9.63. The number of carbonyl (C=O) groups excluding carboxylic acids is 1. The fraction of sp³-hybridized carbons (Fsp3) is 0.938. The zero-order valence-corrected chi connectivity index (χ0v) is 14.4. The SMILES string of the molecule is COC(C)(C)CCNCC(NC(=O)OC(C)(C)C)C1CC1. The van der Waals surface area contributed by atoms with Crippen LogP contribution in [0.4, 0.5) is 4.79 Å². The van der Waals surface area contributed by atoms with Gasteiger partial charge in [0.15, 0.2) is 0 Å². The maximum Gasteiger partial charge on any atom is 0.407 e. The lowest BCUT2D eigenvalue weighted by molar-refractivity contribution is 0.0156. The van der Waals surface area contributed by atoms with Crippen molar-refractivity contribution in [3.8, 4) is 0 Å². The average Bonchev–Trinajstić information content (AvgIpc) is 3.15. The van der Waals surface area contributed by atoms with Gasteiger partial charge in [0, 0.05) is 19.7 Å². The predicted octanol–water partition coefficient (Wildman–Crippen LogP) is 2.69. The largest absolute Gasteiger partial charge is 0.444 e. The molecular formula is C16H32N2O3. The number of ether oxygens (including phenoxy) is 2. The Morgan fingerprint density at radius 1 is 1.24 bits per heavy atom. The van der Waals surface area contributed by atoms with E-state index in [1.54, 1.807) is 7.11 Å². The van der Waals surface area contributed by atoms with E-state index in [1.807, 2.05) is 20.8 Å². The fourth-order valence-electron chi connectivity index (χ4n) is 2.04. The summed E-state index contributed by atoms with van der Waals surface area (Å²) >= 11 is 0. The standard InChI is InChI=1S/C16H32N2O3/c1-15(2,3)21-14(19)18-13(12-7-8-12)11-17-10-9-16(4,5)20-6/h12-13,17H,7-11H2,1-6H3,(H,18,19). The Labute approximate surface area is 129 Å². The van der Waals surface area contributed by atoms with Crippen molar-refractivity contribution in [2.45, 2.75) is 71.1 Å². The predicted molar refractivity (Wildman–Crippen MR) is 84.5 cm³/mol. The molecule has 124 valence electrons. The summed E-state index contributed by atoms with van der Waals surface area (Å²) in [5, 5.41) is 6.41. The van der Waals surface area contributed by atoms with Crippen LogP contribution in [-0.2, 0) is 9.47 Å². The molecule has 5 heteroatoms. The molecule has 1 unspecified atom stereocenters. The monoisotopic (exact) mass is 300 g/mol. The van der Waals surface area contributed by atoms with Crippen molar-refractivity contribution in [2.24, 2.45) is 5.92 Å². The van der Waals surface area contributed by atoms with E-state index in [-0.39, 0.29) is 17.7 Å². The number of hydrogen-bond acceptors (Lipinski definition) is 4. The van der Waals surface area contributed by atoms with Crippen LogP contribution in [0.3, 0.4) is 0 Å². The molecule has 5 nitrogen and oxygen atoms in total. The Morgan fingerprint density at radius 3 is 2.33 bits per heavy atom. The third-order valence-electron chi connectivity index (χ3n) is 3.71. The lowest BCUT2D eigenvalue weighted by atomic mass is 10.1. The summed E-state index contributed by atoms with van der Waals surface area (Å²) in [6, 6.07) is 0.158. The van der Waals surface area contributed by atoms with Crippen LogP contribution in [0.2, 0.25) is 0 Å². The maximum absolute atomic E-state index is 11.9. The Bertz CT molecular complexity index is 333. The molecule has 0 aromatic heterocycles. The number of carbonyl (C=O) groups is 1. The maximum atomic E-state index is 11.9. The summed E-state index contributed by atoms with van der Waals surface area (Å²) in [5.74, 6) is 0.584. The number of methoxy groups -OCH3 is 1. The van der Waals surface area contributed by atoms with Gasteiger partial charge in [-0.15, -0.1) is 0 Å². The van der Waals surface area contributed by atoms with Gasteiger partial charge < -0.3 is 20.1 Å². The second-order valence-corrected chi connectivity index (χ2v) is 7.51. The smallest absolute Gasteiger partial charge is 0.407 e. The third kappa shape index (κ3) is 8.27. The molecule has 0 saturated heterocycles. The van der Waals surface area contributed by atoms with Crippen molar-refractivity contribution in [1.82, 2.24) is 10.6 Å². The average molecular weight is 300 g/mol. The minimum Gasteiger partial charge on any atom is -0.444 e. The molecule has 1 aliphatic carbocycles. The number of rotatable bonds is 8. The van der Waals surface area contributed by atoms with Crippen molar-refractivity contribution in [3.63, 3.8) is 0 Å². The van der Waals surface area contributed by atoms with Crippen LogP contribution in [0.15, 0.2) is 0 Å². The molecule has 0 spiro atoms. The zero-order valence-electron chi connectivity index (χ0n) is 14.4. The van der Waals surface area contributed by atoms with E-state index in [2.05, 4.69) is 24.5 Å². The highest BCUT2D eigenvalue weighted by atomic mass is 16.6. The molecule has 1 atom stereocenters. The first-order valence-corrected chi connectivity index (χ1v) is 7.88. The summed E-state index contributed by atoms with van der Waals surface area (Å²) < 4.78 is 10.7. The van der Waals surface area contributed by atoms with E-state index in [4.69, 9.17) is 9.47 Å². The number of amides is 1. The van der Waals surface area contributed by atoms with Crippen LogP contribution in [-0.4, -0.2) is 43.5 Å². The van der Waals surface area contributed by atoms with E-state index < -0.39 is 5.60 Å². The Hall–Kier alpha value is -0.810. The van der Waals surface area contributed by atoms with Crippen LogP contribution in [0.25, 0.3) is 0 Å². The van der Waals surface area contributed by atoms with Gasteiger partial charge in [0.05, 0.1) is 5.60 Å².